The Morgan fingerprint density at radius 1 is 1.09 bits per heavy atom. The lowest BCUT2D eigenvalue weighted by Crippen LogP contribution is -2.42. The van der Waals surface area contributed by atoms with Gasteiger partial charge in [-0.15, -0.1) is 0 Å². The minimum absolute atomic E-state index is 0.0382. The van der Waals surface area contributed by atoms with E-state index in [0.29, 0.717) is 17.4 Å². The summed E-state index contributed by atoms with van der Waals surface area (Å²) < 4.78 is 5.34. The molecule has 0 radical (unpaired) electrons. The highest BCUT2D eigenvalue weighted by Gasteiger charge is 2.30. The van der Waals surface area contributed by atoms with Crippen LogP contribution in [0.25, 0.3) is 21.6 Å². The Bertz CT molecular complexity index is 1160. The van der Waals surface area contributed by atoms with Crippen molar-refractivity contribution in [2.24, 2.45) is 5.92 Å². The fourth-order valence-electron chi connectivity index (χ4n) is 3.67. The number of thiazole rings is 1. The number of carbonyl (C=O) groups excluding carboxylic acids is 2. The number of aromatic nitrogens is 2. The van der Waals surface area contributed by atoms with Crippen LogP contribution in [0.2, 0.25) is 0 Å². The number of pyridine rings is 1. The van der Waals surface area contributed by atoms with E-state index < -0.39 is 0 Å². The Morgan fingerprint density at radius 3 is 2.76 bits per heavy atom. The summed E-state index contributed by atoms with van der Waals surface area (Å²) in [6.07, 6.45) is 1.91. The Kier molecular flexibility index (Phi) is 6.47. The number of nitrogens with one attached hydrogen (secondary N) is 3. The predicted molar refractivity (Wildman–Crippen MR) is 128 cm³/mol. The molecule has 2 fully saturated rings. The van der Waals surface area contributed by atoms with Gasteiger partial charge in [-0.2, -0.15) is 0 Å². The molecule has 0 unspecified atom stereocenters. The minimum atomic E-state index is -0.234. The maximum absolute atomic E-state index is 12.3. The molecule has 172 valence electrons. The number of fused-ring (bicyclic) bond motifs is 1. The molecule has 0 spiro atoms. The zero-order chi connectivity index (χ0) is 22.6. The molecule has 10 heteroatoms. The maximum atomic E-state index is 12.3. The largest absolute Gasteiger partial charge is 0.379 e. The minimum Gasteiger partial charge on any atom is -0.379 e. The molecule has 2 aromatic heterocycles. The number of hydrogen-bond donors (Lipinski definition) is 3. The molecule has 2 aliphatic rings. The summed E-state index contributed by atoms with van der Waals surface area (Å²) in [5, 5.41) is 9.26. The third-order valence-corrected chi connectivity index (χ3v) is 6.55. The van der Waals surface area contributed by atoms with Crippen LogP contribution in [0.1, 0.15) is 12.8 Å². The first-order valence-electron chi connectivity index (χ1n) is 11.2. The number of nitrogens with zero attached hydrogens (tertiary/aromatic N) is 3. The standard InChI is InChI=1S/C23H26N6O3S/c30-20(15-4-5-15)28-23-27-19-7-6-18(26-21(19)33-23)16-2-1-3-17(14-16)25-22(31)24-8-9-29-10-12-32-13-11-29/h1-3,6-7,14-15H,4-5,8-13H2,(H2,24,25,31)(H,27,28,30). The molecule has 1 aromatic carbocycles. The van der Waals surface area contributed by atoms with E-state index in [4.69, 9.17) is 9.72 Å². The zero-order valence-corrected chi connectivity index (χ0v) is 19.0. The lowest BCUT2D eigenvalue weighted by atomic mass is 10.1. The van der Waals surface area contributed by atoms with Gasteiger partial charge in [0.1, 0.15) is 10.3 Å². The highest BCUT2D eigenvalue weighted by molar-refractivity contribution is 7.22. The van der Waals surface area contributed by atoms with Gasteiger partial charge in [0, 0.05) is 43.3 Å². The van der Waals surface area contributed by atoms with Gasteiger partial charge in [0.25, 0.3) is 0 Å². The summed E-state index contributed by atoms with van der Waals surface area (Å²) in [5.74, 6) is 0.170. The molecule has 1 saturated heterocycles. The van der Waals surface area contributed by atoms with Crippen LogP contribution < -0.4 is 16.0 Å². The van der Waals surface area contributed by atoms with Gasteiger partial charge in [-0.3, -0.25) is 9.69 Å². The molecule has 3 heterocycles. The van der Waals surface area contributed by atoms with Crippen molar-refractivity contribution in [3.8, 4) is 11.3 Å². The number of morpholine rings is 1. The molecule has 0 atom stereocenters. The van der Waals surface area contributed by atoms with Crippen LogP contribution in [0, 0.1) is 5.92 Å². The second-order valence-electron chi connectivity index (χ2n) is 8.22. The van der Waals surface area contributed by atoms with Crippen molar-refractivity contribution in [3.05, 3.63) is 36.4 Å². The summed E-state index contributed by atoms with van der Waals surface area (Å²) in [6.45, 7) is 4.68. The fourth-order valence-corrected chi connectivity index (χ4v) is 4.51. The van der Waals surface area contributed by atoms with Crippen LogP contribution in [0.4, 0.5) is 15.6 Å². The van der Waals surface area contributed by atoms with Gasteiger partial charge in [0.2, 0.25) is 5.91 Å². The van der Waals surface area contributed by atoms with E-state index in [1.54, 1.807) is 0 Å². The van der Waals surface area contributed by atoms with E-state index in [1.165, 1.54) is 11.3 Å². The van der Waals surface area contributed by atoms with E-state index in [-0.39, 0.29) is 17.9 Å². The molecule has 1 aliphatic carbocycles. The first-order chi connectivity index (χ1) is 16.1. The van der Waals surface area contributed by atoms with Crippen molar-refractivity contribution < 1.29 is 14.3 Å². The number of carbonyl (C=O) groups is 2. The van der Waals surface area contributed by atoms with Crippen LogP contribution in [0.3, 0.4) is 0 Å². The van der Waals surface area contributed by atoms with Crippen molar-refractivity contribution >= 4 is 44.4 Å². The van der Waals surface area contributed by atoms with E-state index in [1.807, 2.05) is 36.4 Å². The average molecular weight is 467 g/mol. The second kappa shape index (κ2) is 9.82. The molecule has 3 N–H and O–H groups in total. The number of amides is 3. The number of rotatable bonds is 7. The molecule has 0 bridgehead atoms. The smallest absolute Gasteiger partial charge is 0.319 e. The van der Waals surface area contributed by atoms with Gasteiger partial charge in [0.05, 0.1) is 18.9 Å². The zero-order valence-electron chi connectivity index (χ0n) is 18.2. The number of hydrogen-bond acceptors (Lipinski definition) is 7. The lowest BCUT2D eigenvalue weighted by Gasteiger charge is -2.26. The van der Waals surface area contributed by atoms with Gasteiger partial charge in [-0.25, -0.2) is 14.8 Å². The third kappa shape index (κ3) is 5.65. The van der Waals surface area contributed by atoms with Crippen LogP contribution in [-0.4, -0.2) is 66.2 Å². The fraction of sp³-hybridized carbons (Fsp3) is 0.391. The molecular formula is C23H26N6O3S. The van der Waals surface area contributed by atoms with Crippen LogP contribution in [-0.2, 0) is 9.53 Å². The Labute approximate surface area is 195 Å². The number of anilines is 2. The molecule has 9 nitrogen and oxygen atoms in total. The van der Waals surface area contributed by atoms with Crippen molar-refractivity contribution in [1.29, 1.82) is 0 Å². The predicted octanol–water partition coefficient (Wildman–Crippen LogP) is 3.16. The van der Waals surface area contributed by atoms with Crippen molar-refractivity contribution in [2.75, 3.05) is 50.0 Å². The molecule has 1 saturated carbocycles. The van der Waals surface area contributed by atoms with Crippen LogP contribution >= 0.6 is 11.3 Å². The number of benzene rings is 1. The molecule has 1 aliphatic heterocycles. The van der Waals surface area contributed by atoms with Crippen LogP contribution in [0.15, 0.2) is 36.4 Å². The quantitative estimate of drug-likeness (QED) is 0.494. The normalized spacial score (nSPS) is 16.5. The molecule has 3 amide bonds. The Hall–Kier alpha value is -3.08. The lowest BCUT2D eigenvalue weighted by molar-refractivity contribution is -0.117. The van der Waals surface area contributed by atoms with Gasteiger partial charge in [-0.05, 0) is 37.1 Å². The van der Waals surface area contributed by atoms with E-state index in [9.17, 15) is 9.59 Å². The first-order valence-corrected chi connectivity index (χ1v) is 12.0. The summed E-state index contributed by atoms with van der Waals surface area (Å²) in [6, 6.07) is 11.1. The SMILES string of the molecule is O=C(NCCN1CCOCC1)Nc1cccc(-c2ccc3nc(NC(=O)C4CC4)sc3n2)c1. The molecular weight excluding hydrogens is 440 g/mol. The number of urea groups is 1. The van der Waals surface area contributed by atoms with E-state index in [2.05, 4.69) is 25.8 Å². The third-order valence-electron chi connectivity index (χ3n) is 5.67. The van der Waals surface area contributed by atoms with Gasteiger partial charge >= 0.3 is 6.03 Å². The van der Waals surface area contributed by atoms with Crippen LogP contribution in [0.5, 0.6) is 0 Å². The van der Waals surface area contributed by atoms with E-state index in [0.717, 1.165) is 67.3 Å². The van der Waals surface area contributed by atoms with E-state index >= 15 is 0 Å². The monoisotopic (exact) mass is 466 g/mol. The highest BCUT2D eigenvalue weighted by atomic mass is 32.1. The van der Waals surface area contributed by atoms with Gasteiger partial charge < -0.3 is 20.7 Å². The molecule has 33 heavy (non-hydrogen) atoms. The summed E-state index contributed by atoms with van der Waals surface area (Å²) in [5.41, 5.74) is 3.12. The van der Waals surface area contributed by atoms with Gasteiger partial charge in [0.15, 0.2) is 5.13 Å². The van der Waals surface area contributed by atoms with Crippen molar-refractivity contribution in [3.63, 3.8) is 0 Å². The molecule has 5 rings (SSSR count). The van der Waals surface area contributed by atoms with Gasteiger partial charge in [-0.1, -0.05) is 23.5 Å². The topological polar surface area (TPSA) is 108 Å². The Morgan fingerprint density at radius 2 is 1.94 bits per heavy atom. The summed E-state index contributed by atoms with van der Waals surface area (Å²) >= 11 is 1.37. The summed E-state index contributed by atoms with van der Waals surface area (Å²) in [4.78, 5) is 36.5. The number of ether oxygens (including phenoxy) is 1. The molecule has 3 aromatic rings. The Balaban J connectivity index is 1.20. The average Bonchev–Trinajstić information content (AvgIpc) is 3.60. The maximum Gasteiger partial charge on any atom is 0.319 e. The summed E-state index contributed by atoms with van der Waals surface area (Å²) in [7, 11) is 0. The van der Waals surface area contributed by atoms with Crippen molar-refractivity contribution in [2.45, 2.75) is 12.8 Å². The first kappa shape index (κ1) is 21.7. The second-order valence-corrected chi connectivity index (χ2v) is 9.20. The van der Waals surface area contributed by atoms with Crippen molar-refractivity contribution in [1.82, 2.24) is 20.2 Å². The highest BCUT2D eigenvalue weighted by Crippen LogP contribution is 2.32.